The first-order valence-electron chi connectivity index (χ1n) is 0.833. The van der Waals surface area contributed by atoms with Crippen molar-refractivity contribution in [2.45, 2.75) is 0 Å². The monoisotopic (exact) mass is 144 g/mol. The molecule has 0 aromatic heterocycles. The summed E-state index contributed by atoms with van der Waals surface area (Å²) in [6.07, 6.45) is 0. The normalized spacial score (nSPS) is 16.9. The van der Waals surface area contributed by atoms with Crippen LogP contribution >= 0.6 is 0 Å². The van der Waals surface area contributed by atoms with Gasteiger partial charge < -0.3 is 9.11 Å². The Morgan fingerprint density at radius 2 is 1.14 bits per heavy atom. The van der Waals surface area contributed by atoms with Crippen molar-refractivity contribution in [3.8, 4) is 0 Å². The third kappa shape index (κ3) is 6.18. The number of hydrogen-bond donors (Lipinski definition) is 0. The standard InChI is InChI=1S/H2O4S2.O/c1-5(2)6(3)4;/h(H,1,2)(H,3,4);/q;+2/p-2. The predicted molar refractivity (Wildman–Crippen MR) is 18.5 cm³/mol. The van der Waals surface area contributed by atoms with Crippen molar-refractivity contribution in [2.75, 3.05) is 0 Å². The molecule has 0 amide bonds. The molecule has 0 aromatic carbocycles. The van der Waals surface area contributed by atoms with Crippen LogP contribution in [0.5, 0.6) is 0 Å². The van der Waals surface area contributed by atoms with E-state index in [9.17, 15) is 0 Å². The van der Waals surface area contributed by atoms with Crippen LogP contribution < -0.4 is 0 Å². The average molecular weight is 144 g/mol. The van der Waals surface area contributed by atoms with Crippen LogP contribution in [-0.2, 0) is 25.7 Å². The molecule has 0 aliphatic carbocycles. The van der Waals surface area contributed by atoms with E-state index in [4.69, 9.17) is 17.5 Å². The minimum Gasteiger partial charge on any atom is -0.763 e. The van der Waals surface area contributed by atoms with E-state index in [1.165, 1.54) is 0 Å². The minimum atomic E-state index is -2.95. The van der Waals surface area contributed by atoms with Gasteiger partial charge in [0.15, 0.2) is 0 Å². The Morgan fingerprint density at radius 3 is 1.14 bits per heavy atom. The van der Waals surface area contributed by atoms with Crippen molar-refractivity contribution in [2.24, 2.45) is 0 Å². The van der Waals surface area contributed by atoms with Gasteiger partial charge >= 0.3 is 5.48 Å². The molecule has 0 heterocycles. The fraction of sp³-hybridized carbons (Fsp3) is 0. The van der Waals surface area contributed by atoms with Gasteiger partial charge in [0, 0.05) is 20.2 Å². The zero-order valence-electron chi connectivity index (χ0n) is 2.86. The van der Waals surface area contributed by atoms with E-state index < -0.39 is 20.2 Å². The molecular weight excluding hydrogens is 144 g/mol. The highest BCUT2D eigenvalue weighted by molar-refractivity contribution is 8.56. The second kappa shape index (κ2) is 4.34. The number of hydrogen-bond acceptors (Lipinski definition) is 4. The predicted octanol–water partition coefficient (Wildman–Crippen LogP) is -1.46. The van der Waals surface area contributed by atoms with Gasteiger partial charge in [0.2, 0.25) is 0 Å². The molecule has 4 radical (unpaired) electrons. The molecular formula is O5S2. The molecule has 5 nitrogen and oxygen atoms in total. The summed E-state index contributed by atoms with van der Waals surface area (Å²) in [5.74, 6) is 0. The fourth-order valence-corrected chi connectivity index (χ4v) is 0. The highest BCUT2D eigenvalue weighted by Gasteiger charge is 2.00. The van der Waals surface area contributed by atoms with Crippen LogP contribution in [0.4, 0.5) is 0 Å². The van der Waals surface area contributed by atoms with Crippen LogP contribution in [0.2, 0.25) is 0 Å². The van der Waals surface area contributed by atoms with Crippen LogP contribution in [0.15, 0.2) is 0 Å². The second-order valence-corrected chi connectivity index (χ2v) is 2.86. The van der Waals surface area contributed by atoms with Gasteiger partial charge in [0.25, 0.3) is 0 Å². The van der Waals surface area contributed by atoms with E-state index in [-0.39, 0.29) is 5.48 Å². The summed E-state index contributed by atoms with van der Waals surface area (Å²) < 4.78 is 36.3. The Morgan fingerprint density at radius 1 is 1.00 bits per heavy atom. The lowest BCUT2D eigenvalue weighted by Crippen LogP contribution is -1.94. The highest BCUT2D eigenvalue weighted by Crippen LogP contribution is 1.73. The van der Waals surface area contributed by atoms with Gasteiger partial charge in [0.05, 0.1) is 0 Å². The van der Waals surface area contributed by atoms with Gasteiger partial charge in [-0.05, 0) is 0 Å². The van der Waals surface area contributed by atoms with Gasteiger partial charge in [-0.3, -0.25) is 8.42 Å². The van der Waals surface area contributed by atoms with Crippen LogP contribution in [0.25, 0.3) is 0 Å². The van der Waals surface area contributed by atoms with E-state index in [1.807, 2.05) is 0 Å². The molecule has 42 valence electrons. The summed E-state index contributed by atoms with van der Waals surface area (Å²) in [4.78, 5) is 0. The second-order valence-electron chi connectivity index (χ2n) is 0.408. The van der Waals surface area contributed by atoms with Gasteiger partial charge in [-0.25, -0.2) is 0 Å². The molecule has 0 aliphatic heterocycles. The molecule has 2 unspecified atom stereocenters. The van der Waals surface area contributed by atoms with Crippen LogP contribution in [-0.4, -0.2) is 17.5 Å². The minimum absolute atomic E-state index is 0. The lowest BCUT2D eigenvalue weighted by molar-refractivity contribution is 0.520. The Hall–Kier alpha value is 0.180. The van der Waals surface area contributed by atoms with Crippen LogP contribution in [0.3, 0.4) is 0 Å². The van der Waals surface area contributed by atoms with Crippen molar-refractivity contribution in [3.63, 3.8) is 0 Å². The lowest BCUT2D eigenvalue weighted by Gasteiger charge is -2.04. The van der Waals surface area contributed by atoms with Gasteiger partial charge in [-0.2, -0.15) is 0 Å². The van der Waals surface area contributed by atoms with Crippen LogP contribution in [0.1, 0.15) is 0 Å². The summed E-state index contributed by atoms with van der Waals surface area (Å²) in [5.41, 5.74) is 0. The first kappa shape index (κ1) is 10.2. The molecule has 0 fully saturated rings. The molecule has 7 heavy (non-hydrogen) atoms. The van der Waals surface area contributed by atoms with Crippen molar-refractivity contribution < 1.29 is 23.0 Å². The smallest absolute Gasteiger partial charge is 0.763 e. The van der Waals surface area contributed by atoms with Gasteiger partial charge in [-0.1, -0.05) is 0 Å². The molecule has 0 rings (SSSR count). The zero-order valence-corrected chi connectivity index (χ0v) is 4.49. The molecule has 0 aromatic rings. The van der Waals surface area contributed by atoms with E-state index in [0.29, 0.717) is 0 Å². The zero-order chi connectivity index (χ0) is 5.15. The van der Waals surface area contributed by atoms with Crippen molar-refractivity contribution in [3.05, 3.63) is 0 Å². The summed E-state index contributed by atoms with van der Waals surface area (Å²) in [6, 6.07) is 0. The van der Waals surface area contributed by atoms with Crippen molar-refractivity contribution in [1.29, 1.82) is 0 Å². The first-order valence-corrected chi connectivity index (χ1v) is 3.50. The quantitative estimate of drug-likeness (QED) is 0.331. The summed E-state index contributed by atoms with van der Waals surface area (Å²) in [7, 11) is -5.90. The molecule has 0 bridgehead atoms. The third-order valence-corrected chi connectivity index (χ3v) is 1.00. The molecule has 0 saturated carbocycles. The maximum absolute atomic E-state index is 9.09. The average Bonchev–Trinajstić information content (AvgIpc) is 1.36. The Kier molecular flexibility index (Phi) is 6.34. The maximum atomic E-state index is 9.09. The molecule has 0 spiro atoms. The molecule has 2 atom stereocenters. The Labute approximate surface area is 44.0 Å². The van der Waals surface area contributed by atoms with Gasteiger partial charge in [0.1, 0.15) is 0 Å². The first-order chi connectivity index (χ1) is 2.64. The largest absolute Gasteiger partial charge is 2.00 e. The summed E-state index contributed by atoms with van der Waals surface area (Å²) in [6.45, 7) is 0. The topological polar surface area (TPSA) is 109 Å². The summed E-state index contributed by atoms with van der Waals surface area (Å²) >= 11 is 0. The summed E-state index contributed by atoms with van der Waals surface area (Å²) in [5, 5.41) is 0. The van der Waals surface area contributed by atoms with E-state index in [1.54, 1.807) is 0 Å². The fourth-order valence-electron chi connectivity index (χ4n) is 0. The SMILES string of the molecule is O=S([O-])S(=O)[O-].[O+2]. The van der Waals surface area contributed by atoms with E-state index >= 15 is 0 Å². The van der Waals surface area contributed by atoms with Crippen molar-refractivity contribution >= 4 is 20.2 Å². The molecule has 7 heteroatoms. The molecule has 0 N–H and O–H groups in total. The molecule has 0 saturated heterocycles. The molecule has 0 aliphatic rings. The Bertz CT molecular complexity index is 72.1. The Balaban J connectivity index is 0. The maximum Gasteiger partial charge on any atom is 2.00 e. The third-order valence-electron chi connectivity index (χ3n) is 0.111. The highest BCUT2D eigenvalue weighted by atomic mass is 33.2. The number of rotatable bonds is 1. The van der Waals surface area contributed by atoms with Gasteiger partial charge in [-0.15, -0.1) is 0 Å². The van der Waals surface area contributed by atoms with E-state index in [2.05, 4.69) is 0 Å². The van der Waals surface area contributed by atoms with Crippen molar-refractivity contribution in [1.82, 2.24) is 0 Å². The lowest BCUT2D eigenvalue weighted by atomic mass is 15.9. The van der Waals surface area contributed by atoms with Crippen LogP contribution in [0, 0.1) is 0 Å². The van der Waals surface area contributed by atoms with E-state index in [0.717, 1.165) is 0 Å².